The quantitative estimate of drug-likeness (QED) is 0.230. The van der Waals surface area contributed by atoms with Crippen LogP contribution in [0, 0.1) is 5.92 Å². The van der Waals surface area contributed by atoms with Gasteiger partial charge in [-0.25, -0.2) is 0 Å². The molecule has 0 bridgehead atoms. The fourth-order valence-electron chi connectivity index (χ4n) is 1.99. The first kappa shape index (κ1) is 24.6. The summed E-state index contributed by atoms with van der Waals surface area (Å²) in [6, 6.07) is 4.67. The van der Waals surface area contributed by atoms with Crippen molar-refractivity contribution in [2.45, 2.75) is 27.0 Å². The molecule has 26 heavy (non-hydrogen) atoms. The van der Waals surface area contributed by atoms with Crippen LogP contribution in [-0.2, 0) is 11.3 Å². The fourth-order valence-corrected chi connectivity index (χ4v) is 1.99. The highest BCUT2D eigenvalue weighted by molar-refractivity contribution is 14.0. The van der Waals surface area contributed by atoms with E-state index in [4.69, 9.17) is 9.47 Å². The molecule has 1 rings (SSSR count). The van der Waals surface area contributed by atoms with Crippen molar-refractivity contribution in [1.82, 2.24) is 10.6 Å². The largest absolute Gasteiger partial charge is 0.497 e. The lowest BCUT2D eigenvalue weighted by molar-refractivity contribution is -0.0504. The van der Waals surface area contributed by atoms with Gasteiger partial charge < -0.3 is 24.8 Å². The topological polar surface area (TPSA) is 64.1 Å². The molecule has 0 spiro atoms. The first-order valence-corrected chi connectivity index (χ1v) is 8.10. The number of aliphatic imine (C=N–C) groups is 1. The Hall–Kier alpha value is -1.36. The zero-order valence-corrected chi connectivity index (χ0v) is 17.9. The van der Waals surface area contributed by atoms with Crippen molar-refractivity contribution >= 4 is 29.9 Å². The normalized spacial score (nSPS) is 11.3. The van der Waals surface area contributed by atoms with Gasteiger partial charge in [0.15, 0.2) is 5.96 Å². The van der Waals surface area contributed by atoms with Crippen molar-refractivity contribution in [3.63, 3.8) is 0 Å². The Bertz CT molecular complexity index is 546. The zero-order chi connectivity index (χ0) is 18.7. The number of nitrogens with zero attached hydrogens (tertiary/aromatic N) is 1. The van der Waals surface area contributed by atoms with Crippen molar-refractivity contribution in [2.75, 3.05) is 33.9 Å². The molecule has 0 aliphatic carbocycles. The van der Waals surface area contributed by atoms with Crippen LogP contribution in [0.25, 0.3) is 0 Å². The number of guanidine groups is 1. The van der Waals surface area contributed by atoms with Gasteiger partial charge in [-0.3, -0.25) is 4.99 Å². The summed E-state index contributed by atoms with van der Waals surface area (Å²) in [4.78, 5) is 4.09. The smallest absolute Gasteiger partial charge is 0.387 e. The molecule has 0 radical (unpaired) electrons. The molecule has 0 unspecified atom stereocenters. The number of ether oxygens (including phenoxy) is 3. The summed E-state index contributed by atoms with van der Waals surface area (Å²) in [5.74, 6) is 1.68. The van der Waals surface area contributed by atoms with Crippen molar-refractivity contribution in [3.8, 4) is 11.5 Å². The molecule has 1 aromatic rings. The van der Waals surface area contributed by atoms with E-state index in [2.05, 4.69) is 34.2 Å². The first-order valence-electron chi connectivity index (χ1n) is 8.10. The number of rotatable bonds is 10. The summed E-state index contributed by atoms with van der Waals surface area (Å²) >= 11 is 0. The lowest BCUT2D eigenvalue weighted by Crippen LogP contribution is -2.38. The number of hydrogen-bond donors (Lipinski definition) is 2. The minimum absolute atomic E-state index is 0. The lowest BCUT2D eigenvalue weighted by Gasteiger charge is -2.15. The predicted molar refractivity (Wildman–Crippen MR) is 109 cm³/mol. The molecular weight excluding hydrogens is 459 g/mol. The summed E-state index contributed by atoms with van der Waals surface area (Å²) in [5, 5.41) is 6.15. The molecule has 0 saturated carbocycles. The number of alkyl halides is 2. The van der Waals surface area contributed by atoms with Crippen molar-refractivity contribution in [3.05, 3.63) is 23.8 Å². The molecule has 150 valence electrons. The average Bonchev–Trinajstić information content (AvgIpc) is 2.57. The second kappa shape index (κ2) is 13.8. The van der Waals surface area contributed by atoms with Crippen molar-refractivity contribution < 1.29 is 23.0 Å². The van der Waals surface area contributed by atoms with Crippen LogP contribution in [0.5, 0.6) is 11.5 Å². The third-order valence-electron chi connectivity index (χ3n) is 3.14. The molecule has 0 amide bonds. The summed E-state index contributed by atoms with van der Waals surface area (Å²) < 4.78 is 40.2. The van der Waals surface area contributed by atoms with Gasteiger partial charge in [-0.15, -0.1) is 24.0 Å². The van der Waals surface area contributed by atoms with E-state index in [0.717, 1.165) is 0 Å². The van der Waals surface area contributed by atoms with Gasteiger partial charge in [0, 0.05) is 32.3 Å². The van der Waals surface area contributed by atoms with Crippen LogP contribution >= 0.6 is 24.0 Å². The highest BCUT2D eigenvalue weighted by Gasteiger charge is 2.11. The van der Waals surface area contributed by atoms with Gasteiger partial charge in [-0.05, 0) is 24.1 Å². The van der Waals surface area contributed by atoms with Gasteiger partial charge >= 0.3 is 6.61 Å². The Kier molecular flexibility index (Phi) is 13.1. The minimum atomic E-state index is -2.89. The van der Waals surface area contributed by atoms with Gasteiger partial charge in [0.1, 0.15) is 11.5 Å². The van der Waals surface area contributed by atoms with Gasteiger partial charge in [-0.1, -0.05) is 13.8 Å². The van der Waals surface area contributed by atoms with E-state index >= 15 is 0 Å². The Morgan fingerprint density at radius 1 is 1.23 bits per heavy atom. The van der Waals surface area contributed by atoms with Gasteiger partial charge in [-0.2, -0.15) is 8.78 Å². The summed E-state index contributed by atoms with van der Waals surface area (Å²) in [7, 11) is 3.14. The number of hydrogen-bond acceptors (Lipinski definition) is 4. The summed E-state index contributed by atoms with van der Waals surface area (Å²) in [6.45, 7) is 3.38. The van der Waals surface area contributed by atoms with Crippen LogP contribution in [0.4, 0.5) is 8.78 Å². The molecule has 0 aliphatic heterocycles. The number of nitrogens with one attached hydrogen (secondary N) is 2. The standard InChI is InChI=1S/C17H27F2N3O3.HI/c1-12(2)11-24-8-7-21-17(20-3)22-10-13-9-14(23-4)5-6-15(13)25-16(18)19;/h5-6,9,12,16H,7-8,10-11H2,1-4H3,(H2,20,21,22);1H. The molecule has 9 heteroatoms. The van der Waals surface area contributed by atoms with Crippen molar-refractivity contribution in [2.24, 2.45) is 10.9 Å². The van der Waals surface area contributed by atoms with Crippen LogP contribution in [-0.4, -0.2) is 46.5 Å². The molecule has 0 saturated heterocycles. The molecule has 6 nitrogen and oxygen atoms in total. The highest BCUT2D eigenvalue weighted by atomic mass is 127. The number of benzene rings is 1. The molecule has 0 aromatic heterocycles. The monoisotopic (exact) mass is 487 g/mol. The third kappa shape index (κ3) is 9.95. The van der Waals surface area contributed by atoms with E-state index in [1.807, 2.05) is 0 Å². The molecule has 0 aliphatic rings. The van der Waals surface area contributed by atoms with Crippen LogP contribution in [0.15, 0.2) is 23.2 Å². The first-order chi connectivity index (χ1) is 12.0. The molecule has 1 aromatic carbocycles. The maximum Gasteiger partial charge on any atom is 0.387 e. The SMILES string of the molecule is CN=C(NCCOCC(C)C)NCc1cc(OC)ccc1OC(F)F.I. The van der Waals surface area contributed by atoms with E-state index in [1.54, 1.807) is 19.2 Å². The van der Waals surface area contributed by atoms with E-state index in [9.17, 15) is 8.78 Å². The molecule has 0 heterocycles. The van der Waals surface area contributed by atoms with Gasteiger partial charge in [0.2, 0.25) is 0 Å². The average molecular weight is 487 g/mol. The van der Waals surface area contributed by atoms with Crippen LogP contribution in [0.1, 0.15) is 19.4 Å². The Labute approximate surface area is 170 Å². The maximum atomic E-state index is 12.5. The van der Waals surface area contributed by atoms with Gasteiger partial charge in [0.05, 0.1) is 13.7 Å². The summed E-state index contributed by atoms with van der Waals surface area (Å²) in [6.07, 6.45) is 0. The van der Waals surface area contributed by atoms with E-state index < -0.39 is 6.61 Å². The predicted octanol–water partition coefficient (Wildman–Crippen LogP) is 3.25. The van der Waals surface area contributed by atoms with Crippen LogP contribution in [0.3, 0.4) is 0 Å². The molecular formula is C17H28F2IN3O3. The van der Waals surface area contributed by atoms with Crippen LogP contribution in [0.2, 0.25) is 0 Å². The fraction of sp³-hybridized carbons (Fsp3) is 0.588. The Morgan fingerprint density at radius 2 is 1.96 bits per heavy atom. The third-order valence-corrected chi connectivity index (χ3v) is 3.14. The van der Waals surface area contributed by atoms with Crippen LogP contribution < -0.4 is 20.1 Å². The van der Waals surface area contributed by atoms with E-state index in [-0.39, 0.29) is 36.3 Å². The lowest BCUT2D eigenvalue weighted by atomic mass is 10.2. The van der Waals surface area contributed by atoms with E-state index in [1.165, 1.54) is 13.2 Å². The second-order valence-electron chi connectivity index (χ2n) is 5.67. The molecule has 0 atom stereocenters. The summed E-state index contributed by atoms with van der Waals surface area (Å²) in [5.41, 5.74) is 0.540. The zero-order valence-electron chi connectivity index (χ0n) is 15.6. The Morgan fingerprint density at radius 3 is 2.54 bits per heavy atom. The van der Waals surface area contributed by atoms with E-state index in [0.29, 0.717) is 42.9 Å². The minimum Gasteiger partial charge on any atom is -0.497 e. The number of methoxy groups -OCH3 is 1. The number of halogens is 3. The maximum absolute atomic E-state index is 12.5. The highest BCUT2D eigenvalue weighted by Crippen LogP contribution is 2.25. The van der Waals surface area contributed by atoms with Crippen molar-refractivity contribution in [1.29, 1.82) is 0 Å². The molecule has 0 fully saturated rings. The van der Waals surface area contributed by atoms with Gasteiger partial charge in [0.25, 0.3) is 0 Å². The molecule has 2 N–H and O–H groups in total. The second-order valence-corrected chi connectivity index (χ2v) is 5.67. The Balaban J connectivity index is 0.00000625.